The number of para-hydroxylation sites is 2. The molecule has 1 fully saturated rings. The van der Waals surface area contributed by atoms with E-state index in [9.17, 15) is 4.79 Å². The van der Waals surface area contributed by atoms with E-state index in [4.69, 9.17) is 4.52 Å². The average Bonchev–Trinajstić information content (AvgIpc) is 3.31. The van der Waals surface area contributed by atoms with Crippen LogP contribution >= 0.6 is 0 Å². The first-order valence-electron chi connectivity index (χ1n) is 8.83. The van der Waals surface area contributed by atoms with Gasteiger partial charge in [-0.3, -0.25) is 4.79 Å². The fourth-order valence-electron chi connectivity index (χ4n) is 3.48. The van der Waals surface area contributed by atoms with Gasteiger partial charge in [-0.05, 0) is 30.9 Å². The molecule has 0 saturated carbocycles. The SMILES string of the molecule is CC(C)Cc1cc(C(=O)N2CCCC2c2nc3ccccc3[nH]2)no1. The molecule has 1 amide bonds. The maximum absolute atomic E-state index is 12.9. The number of nitrogens with one attached hydrogen (secondary N) is 1. The topological polar surface area (TPSA) is 75.0 Å². The van der Waals surface area contributed by atoms with Gasteiger partial charge in [0.2, 0.25) is 0 Å². The van der Waals surface area contributed by atoms with Gasteiger partial charge in [-0.2, -0.15) is 0 Å². The van der Waals surface area contributed by atoms with E-state index >= 15 is 0 Å². The van der Waals surface area contributed by atoms with Gasteiger partial charge in [0.1, 0.15) is 11.6 Å². The molecule has 1 aliphatic heterocycles. The standard InChI is InChI=1S/C19H22N4O2/c1-12(2)10-13-11-16(22-25-13)19(24)23-9-5-8-17(23)18-20-14-6-3-4-7-15(14)21-18/h3-4,6-7,11-12,17H,5,8-10H2,1-2H3,(H,20,21). The largest absolute Gasteiger partial charge is 0.361 e. The molecule has 6 nitrogen and oxygen atoms in total. The highest BCUT2D eigenvalue weighted by Gasteiger charge is 2.34. The van der Waals surface area contributed by atoms with Crippen molar-refractivity contribution in [3.8, 4) is 0 Å². The number of imidazole rings is 1. The summed E-state index contributed by atoms with van der Waals surface area (Å²) in [6.07, 6.45) is 2.65. The normalized spacial score (nSPS) is 17.7. The van der Waals surface area contributed by atoms with E-state index in [1.807, 2.05) is 29.2 Å². The Hall–Kier alpha value is -2.63. The number of H-pyrrole nitrogens is 1. The van der Waals surface area contributed by atoms with Gasteiger partial charge in [0.05, 0.1) is 17.1 Å². The number of hydrogen-bond acceptors (Lipinski definition) is 4. The molecule has 0 radical (unpaired) electrons. The van der Waals surface area contributed by atoms with E-state index in [1.54, 1.807) is 6.07 Å². The minimum Gasteiger partial charge on any atom is -0.361 e. The summed E-state index contributed by atoms with van der Waals surface area (Å²) in [6, 6.07) is 9.67. The molecule has 25 heavy (non-hydrogen) atoms. The lowest BCUT2D eigenvalue weighted by molar-refractivity contribution is 0.0720. The Kier molecular flexibility index (Phi) is 4.03. The predicted molar refractivity (Wildman–Crippen MR) is 94.2 cm³/mol. The van der Waals surface area contributed by atoms with Crippen LogP contribution in [0.15, 0.2) is 34.9 Å². The highest BCUT2D eigenvalue weighted by Crippen LogP contribution is 2.32. The number of aromatic amines is 1. The van der Waals surface area contributed by atoms with Crippen molar-refractivity contribution in [3.63, 3.8) is 0 Å². The fourth-order valence-corrected chi connectivity index (χ4v) is 3.48. The summed E-state index contributed by atoms with van der Waals surface area (Å²) in [5.41, 5.74) is 2.31. The highest BCUT2D eigenvalue weighted by molar-refractivity contribution is 5.92. The maximum Gasteiger partial charge on any atom is 0.276 e. The van der Waals surface area contributed by atoms with Crippen molar-refractivity contribution in [2.45, 2.75) is 39.2 Å². The molecule has 1 saturated heterocycles. The van der Waals surface area contributed by atoms with Gasteiger partial charge in [0.25, 0.3) is 5.91 Å². The van der Waals surface area contributed by atoms with Crippen LogP contribution in [0.3, 0.4) is 0 Å². The molecule has 3 heterocycles. The molecule has 0 spiro atoms. The molecular formula is C19H22N4O2. The van der Waals surface area contributed by atoms with Crippen LogP contribution in [-0.4, -0.2) is 32.5 Å². The maximum atomic E-state index is 12.9. The molecule has 130 valence electrons. The minimum absolute atomic E-state index is 0.0369. The van der Waals surface area contributed by atoms with Gasteiger partial charge in [0, 0.05) is 19.0 Å². The molecule has 1 N–H and O–H groups in total. The van der Waals surface area contributed by atoms with Gasteiger partial charge in [-0.15, -0.1) is 0 Å². The first-order chi connectivity index (χ1) is 12.1. The lowest BCUT2D eigenvalue weighted by atomic mass is 10.1. The Morgan fingerprint density at radius 1 is 1.40 bits per heavy atom. The summed E-state index contributed by atoms with van der Waals surface area (Å²) >= 11 is 0. The molecule has 0 bridgehead atoms. The van der Waals surface area contributed by atoms with E-state index in [1.165, 1.54) is 0 Å². The molecule has 3 aromatic rings. The van der Waals surface area contributed by atoms with Crippen molar-refractivity contribution in [1.29, 1.82) is 0 Å². The van der Waals surface area contributed by atoms with E-state index in [2.05, 4.69) is 29.0 Å². The second-order valence-corrected chi connectivity index (χ2v) is 7.07. The van der Waals surface area contributed by atoms with Crippen LogP contribution < -0.4 is 0 Å². The average molecular weight is 338 g/mol. The number of nitrogens with zero attached hydrogens (tertiary/aromatic N) is 3. The number of rotatable bonds is 4. The summed E-state index contributed by atoms with van der Waals surface area (Å²) in [7, 11) is 0. The van der Waals surface area contributed by atoms with Crippen molar-refractivity contribution in [1.82, 2.24) is 20.0 Å². The van der Waals surface area contributed by atoms with Gasteiger partial charge in [-0.25, -0.2) is 4.98 Å². The van der Waals surface area contributed by atoms with Crippen molar-refractivity contribution in [3.05, 3.63) is 47.6 Å². The first-order valence-corrected chi connectivity index (χ1v) is 8.83. The van der Waals surface area contributed by atoms with E-state index in [-0.39, 0.29) is 11.9 Å². The van der Waals surface area contributed by atoms with Crippen LogP contribution in [0.2, 0.25) is 0 Å². The van der Waals surface area contributed by atoms with Crippen LogP contribution in [-0.2, 0) is 6.42 Å². The molecule has 1 unspecified atom stereocenters. The Bertz CT molecular complexity index is 863. The summed E-state index contributed by atoms with van der Waals surface area (Å²) in [4.78, 5) is 22.8. The fraction of sp³-hybridized carbons (Fsp3) is 0.421. The second kappa shape index (κ2) is 6.35. The molecule has 4 rings (SSSR count). The molecule has 1 aliphatic rings. The number of amides is 1. The molecular weight excluding hydrogens is 316 g/mol. The number of carbonyl (C=O) groups excluding carboxylic acids is 1. The Morgan fingerprint density at radius 2 is 2.24 bits per heavy atom. The van der Waals surface area contributed by atoms with Gasteiger partial charge in [-0.1, -0.05) is 31.1 Å². The second-order valence-electron chi connectivity index (χ2n) is 7.07. The number of fused-ring (bicyclic) bond motifs is 1. The monoisotopic (exact) mass is 338 g/mol. The first kappa shape index (κ1) is 15.9. The molecule has 1 aromatic carbocycles. The summed E-state index contributed by atoms with van der Waals surface area (Å²) in [6.45, 7) is 4.94. The van der Waals surface area contributed by atoms with Crippen LogP contribution in [0.5, 0.6) is 0 Å². The Labute approximate surface area is 146 Å². The number of carbonyl (C=O) groups is 1. The van der Waals surface area contributed by atoms with Crippen molar-refractivity contribution < 1.29 is 9.32 Å². The molecule has 0 aliphatic carbocycles. The minimum atomic E-state index is -0.0817. The summed E-state index contributed by atoms with van der Waals surface area (Å²) < 4.78 is 5.32. The van der Waals surface area contributed by atoms with Crippen LogP contribution in [0, 0.1) is 5.92 Å². The molecule has 1 atom stereocenters. The highest BCUT2D eigenvalue weighted by atomic mass is 16.5. The Balaban J connectivity index is 1.58. The zero-order chi connectivity index (χ0) is 17.4. The third-order valence-electron chi connectivity index (χ3n) is 4.62. The number of likely N-dealkylation sites (tertiary alicyclic amines) is 1. The van der Waals surface area contributed by atoms with E-state index < -0.39 is 0 Å². The third kappa shape index (κ3) is 3.04. The van der Waals surface area contributed by atoms with Crippen molar-refractivity contribution in [2.24, 2.45) is 5.92 Å². The quantitative estimate of drug-likeness (QED) is 0.786. The predicted octanol–water partition coefficient (Wildman–Crippen LogP) is 3.73. The number of benzene rings is 1. The third-order valence-corrected chi connectivity index (χ3v) is 4.62. The van der Waals surface area contributed by atoms with Crippen LogP contribution in [0.4, 0.5) is 0 Å². The van der Waals surface area contributed by atoms with Crippen LogP contribution in [0.1, 0.15) is 54.8 Å². The lowest BCUT2D eigenvalue weighted by Crippen LogP contribution is -2.31. The molecule has 2 aromatic heterocycles. The molecule has 6 heteroatoms. The lowest BCUT2D eigenvalue weighted by Gasteiger charge is -2.21. The number of aromatic nitrogens is 3. The van der Waals surface area contributed by atoms with Crippen molar-refractivity contribution in [2.75, 3.05) is 6.54 Å². The Morgan fingerprint density at radius 3 is 3.04 bits per heavy atom. The summed E-state index contributed by atoms with van der Waals surface area (Å²) in [5.74, 6) is 1.99. The smallest absolute Gasteiger partial charge is 0.276 e. The zero-order valence-electron chi connectivity index (χ0n) is 14.5. The number of hydrogen-bond donors (Lipinski definition) is 1. The van der Waals surface area contributed by atoms with Crippen molar-refractivity contribution >= 4 is 16.9 Å². The zero-order valence-corrected chi connectivity index (χ0v) is 14.5. The summed E-state index contributed by atoms with van der Waals surface area (Å²) in [5, 5.41) is 3.99. The van der Waals surface area contributed by atoms with E-state index in [0.717, 1.165) is 41.9 Å². The van der Waals surface area contributed by atoms with Gasteiger partial charge in [0.15, 0.2) is 5.69 Å². The van der Waals surface area contributed by atoms with Gasteiger partial charge >= 0.3 is 0 Å². The van der Waals surface area contributed by atoms with Gasteiger partial charge < -0.3 is 14.4 Å². The van der Waals surface area contributed by atoms with E-state index in [0.29, 0.717) is 18.2 Å². The van der Waals surface area contributed by atoms with Crippen LogP contribution in [0.25, 0.3) is 11.0 Å².